The molecule has 0 heterocycles. The second-order valence-corrected chi connectivity index (χ2v) is 3.23. The maximum atomic E-state index is 10.9. The van der Waals surface area contributed by atoms with E-state index in [1.165, 1.54) is 0 Å². The molecule has 0 aromatic heterocycles. The van der Waals surface area contributed by atoms with Gasteiger partial charge in [0.25, 0.3) is 0 Å². The molecule has 0 aliphatic heterocycles. The molecule has 0 saturated heterocycles. The van der Waals surface area contributed by atoms with E-state index in [0.717, 1.165) is 6.08 Å². The van der Waals surface area contributed by atoms with Crippen LogP contribution in [0.5, 0.6) is 0 Å². The minimum Gasteiger partial charge on any atom is -0.394 e. The molecule has 0 aliphatic carbocycles. The minimum absolute atomic E-state index is 0.629. The highest BCUT2D eigenvalue weighted by Crippen LogP contribution is 2.04. The maximum absolute atomic E-state index is 10.9. The van der Waals surface area contributed by atoms with Crippen molar-refractivity contribution in [2.45, 2.75) is 24.4 Å². The SMILES string of the molecule is C=CC(=O)N[C@@H](CO)[C@@H](O)[C@H](O)[C@H](O)CO. The van der Waals surface area contributed by atoms with E-state index in [-0.39, 0.29) is 0 Å². The fourth-order valence-corrected chi connectivity index (χ4v) is 1.05. The molecular weight excluding hydrogens is 218 g/mol. The zero-order chi connectivity index (χ0) is 12.7. The predicted octanol–water partition coefficient (Wildman–Crippen LogP) is -3.28. The molecule has 4 atom stereocenters. The van der Waals surface area contributed by atoms with E-state index in [4.69, 9.17) is 15.3 Å². The van der Waals surface area contributed by atoms with Crippen molar-refractivity contribution in [1.29, 1.82) is 0 Å². The predicted molar refractivity (Wildman–Crippen MR) is 54.3 cm³/mol. The summed E-state index contributed by atoms with van der Waals surface area (Å²) in [7, 11) is 0. The first-order valence-electron chi connectivity index (χ1n) is 4.66. The summed E-state index contributed by atoms with van der Waals surface area (Å²) in [6.45, 7) is 1.80. The lowest BCUT2D eigenvalue weighted by atomic mass is 10.0. The number of aliphatic hydroxyl groups excluding tert-OH is 5. The van der Waals surface area contributed by atoms with Crippen molar-refractivity contribution in [3.8, 4) is 0 Å². The molecule has 0 spiro atoms. The van der Waals surface area contributed by atoms with E-state index < -0.39 is 43.5 Å². The Morgan fingerprint density at radius 3 is 2.12 bits per heavy atom. The molecule has 0 aromatic rings. The number of amides is 1. The third kappa shape index (κ3) is 4.25. The molecule has 7 nitrogen and oxygen atoms in total. The monoisotopic (exact) mass is 235 g/mol. The van der Waals surface area contributed by atoms with Crippen molar-refractivity contribution >= 4 is 5.91 Å². The van der Waals surface area contributed by atoms with Gasteiger partial charge in [-0.15, -0.1) is 0 Å². The van der Waals surface area contributed by atoms with Crippen LogP contribution in [0.4, 0.5) is 0 Å². The Bertz CT molecular complexity index is 234. The van der Waals surface area contributed by atoms with Gasteiger partial charge in [-0.25, -0.2) is 0 Å². The van der Waals surface area contributed by atoms with Gasteiger partial charge in [-0.1, -0.05) is 6.58 Å². The average molecular weight is 235 g/mol. The van der Waals surface area contributed by atoms with Crippen LogP contribution in [0.1, 0.15) is 0 Å². The molecule has 0 fully saturated rings. The van der Waals surface area contributed by atoms with E-state index in [1.807, 2.05) is 0 Å². The van der Waals surface area contributed by atoms with Gasteiger partial charge in [-0.05, 0) is 6.08 Å². The van der Waals surface area contributed by atoms with Gasteiger partial charge in [0.15, 0.2) is 0 Å². The van der Waals surface area contributed by atoms with Crippen molar-refractivity contribution in [3.05, 3.63) is 12.7 Å². The number of nitrogens with one attached hydrogen (secondary N) is 1. The molecule has 0 saturated carbocycles. The fraction of sp³-hybridized carbons (Fsp3) is 0.667. The first kappa shape index (κ1) is 15.0. The largest absolute Gasteiger partial charge is 0.394 e. The number of hydrogen-bond donors (Lipinski definition) is 6. The van der Waals surface area contributed by atoms with E-state index in [2.05, 4.69) is 11.9 Å². The average Bonchev–Trinajstić information content (AvgIpc) is 2.32. The molecule has 0 bridgehead atoms. The molecular formula is C9H17NO6. The Balaban J connectivity index is 4.45. The smallest absolute Gasteiger partial charge is 0.243 e. The van der Waals surface area contributed by atoms with Crippen molar-refractivity contribution in [1.82, 2.24) is 5.32 Å². The van der Waals surface area contributed by atoms with E-state index in [9.17, 15) is 15.0 Å². The number of hydrogen-bond acceptors (Lipinski definition) is 6. The second-order valence-electron chi connectivity index (χ2n) is 3.23. The van der Waals surface area contributed by atoms with Crippen LogP contribution in [0.2, 0.25) is 0 Å². The zero-order valence-corrected chi connectivity index (χ0v) is 8.65. The Morgan fingerprint density at radius 2 is 1.75 bits per heavy atom. The van der Waals surface area contributed by atoms with E-state index >= 15 is 0 Å². The molecule has 0 unspecified atom stereocenters. The first-order chi connectivity index (χ1) is 7.47. The molecule has 16 heavy (non-hydrogen) atoms. The second kappa shape index (κ2) is 7.31. The number of carbonyl (C=O) groups is 1. The van der Waals surface area contributed by atoms with Crippen LogP contribution in [-0.4, -0.2) is 69.0 Å². The van der Waals surface area contributed by atoms with Crippen LogP contribution in [0.25, 0.3) is 0 Å². The van der Waals surface area contributed by atoms with Gasteiger partial charge in [0.05, 0.1) is 19.3 Å². The van der Waals surface area contributed by atoms with Crippen LogP contribution >= 0.6 is 0 Å². The number of carbonyl (C=O) groups excluding carboxylic acids is 1. The van der Waals surface area contributed by atoms with Crippen LogP contribution in [0.3, 0.4) is 0 Å². The molecule has 94 valence electrons. The van der Waals surface area contributed by atoms with Gasteiger partial charge in [0.1, 0.15) is 18.3 Å². The van der Waals surface area contributed by atoms with E-state index in [0.29, 0.717) is 0 Å². The highest BCUT2D eigenvalue weighted by Gasteiger charge is 2.31. The summed E-state index contributed by atoms with van der Waals surface area (Å²) in [6, 6.07) is -1.15. The third-order valence-electron chi connectivity index (χ3n) is 2.05. The van der Waals surface area contributed by atoms with Crippen molar-refractivity contribution in [3.63, 3.8) is 0 Å². The lowest BCUT2D eigenvalue weighted by Crippen LogP contribution is -2.54. The van der Waals surface area contributed by atoms with Crippen molar-refractivity contribution in [2.75, 3.05) is 13.2 Å². The normalized spacial score (nSPS) is 18.3. The zero-order valence-electron chi connectivity index (χ0n) is 8.65. The van der Waals surface area contributed by atoms with Gasteiger partial charge < -0.3 is 30.8 Å². The van der Waals surface area contributed by atoms with Gasteiger partial charge in [0.2, 0.25) is 5.91 Å². The van der Waals surface area contributed by atoms with Crippen molar-refractivity contribution < 1.29 is 30.3 Å². The summed E-state index contributed by atoms with van der Waals surface area (Å²) >= 11 is 0. The first-order valence-corrected chi connectivity index (χ1v) is 4.66. The van der Waals surface area contributed by atoms with Gasteiger partial charge in [-0.3, -0.25) is 4.79 Å². The van der Waals surface area contributed by atoms with Crippen molar-refractivity contribution in [2.24, 2.45) is 0 Å². The Labute approximate surface area is 92.7 Å². The van der Waals surface area contributed by atoms with Crippen LogP contribution in [0.15, 0.2) is 12.7 Å². The van der Waals surface area contributed by atoms with Crippen LogP contribution in [0, 0.1) is 0 Å². The van der Waals surface area contributed by atoms with Crippen LogP contribution < -0.4 is 5.32 Å². The highest BCUT2D eigenvalue weighted by atomic mass is 16.4. The summed E-state index contributed by atoms with van der Waals surface area (Å²) in [5.41, 5.74) is 0. The van der Waals surface area contributed by atoms with Crippen LogP contribution in [-0.2, 0) is 4.79 Å². The fourth-order valence-electron chi connectivity index (χ4n) is 1.05. The van der Waals surface area contributed by atoms with E-state index in [1.54, 1.807) is 0 Å². The molecule has 0 rings (SSSR count). The quantitative estimate of drug-likeness (QED) is 0.257. The summed E-state index contributed by atoms with van der Waals surface area (Å²) < 4.78 is 0. The Kier molecular flexibility index (Phi) is 6.86. The summed E-state index contributed by atoms with van der Waals surface area (Å²) in [4.78, 5) is 10.9. The van der Waals surface area contributed by atoms with Gasteiger partial charge >= 0.3 is 0 Å². The molecule has 0 aliphatic rings. The Hall–Kier alpha value is -0.990. The maximum Gasteiger partial charge on any atom is 0.243 e. The minimum atomic E-state index is -1.67. The summed E-state index contributed by atoms with van der Waals surface area (Å²) in [5, 5.41) is 47.5. The Morgan fingerprint density at radius 1 is 1.19 bits per heavy atom. The molecule has 6 N–H and O–H groups in total. The lowest BCUT2D eigenvalue weighted by Gasteiger charge is -2.27. The van der Waals surface area contributed by atoms with Gasteiger partial charge in [-0.2, -0.15) is 0 Å². The number of rotatable bonds is 7. The summed E-state index contributed by atoms with van der Waals surface area (Å²) in [6.07, 6.45) is -3.89. The molecule has 1 amide bonds. The summed E-state index contributed by atoms with van der Waals surface area (Å²) in [5.74, 6) is -0.635. The molecule has 0 aromatic carbocycles. The number of aliphatic hydroxyl groups is 5. The standard InChI is InChI=1S/C9H17NO6/c1-2-7(14)10-5(3-11)8(15)9(16)6(13)4-12/h2,5-6,8-9,11-13,15-16H,1,3-4H2,(H,10,14)/t5-,6+,8+,9+/m0/s1. The lowest BCUT2D eigenvalue weighted by molar-refractivity contribution is -0.122. The highest BCUT2D eigenvalue weighted by molar-refractivity contribution is 5.87. The topological polar surface area (TPSA) is 130 Å². The van der Waals surface area contributed by atoms with Gasteiger partial charge in [0, 0.05) is 0 Å². The third-order valence-corrected chi connectivity index (χ3v) is 2.05. The molecule has 0 radical (unpaired) electrons. The molecule has 7 heteroatoms.